The second-order valence-electron chi connectivity index (χ2n) is 7.41. The number of hydrogen-bond acceptors (Lipinski definition) is 7. The molecule has 3 aromatic rings. The fourth-order valence-electron chi connectivity index (χ4n) is 3.30. The lowest BCUT2D eigenvalue weighted by atomic mass is 10.0. The molecule has 1 unspecified atom stereocenters. The Morgan fingerprint density at radius 2 is 1.78 bits per heavy atom. The summed E-state index contributed by atoms with van der Waals surface area (Å²) in [4.78, 5) is 29.9. The predicted molar refractivity (Wildman–Crippen MR) is 141 cm³/mol. The molecule has 0 aliphatic heterocycles. The Hall–Kier alpha value is -3.94. The van der Waals surface area contributed by atoms with Crippen molar-refractivity contribution in [3.63, 3.8) is 0 Å². The molecule has 1 heterocycles. The van der Waals surface area contributed by atoms with Gasteiger partial charge in [-0.1, -0.05) is 22.6 Å². The minimum Gasteiger partial charge on any atom is -0.493 e. The van der Waals surface area contributed by atoms with E-state index in [0.717, 1.165) is 6.07 Å². The summed E-state index contributed by atoms with van der Waals surface area (Å²) in [5.74, 6) is -1.77. The average Bonchev–Trinajstić information content (AvgIpc) is 2.90. The number of methoxy groups -OCH3 is 2. The molecule has 0 saturated carbocycles. The van der Waals surface area contributed by atoms with Crippen LogP contribution in [0.1, 0.15) is 33.1 Å². The number of alkyl halides is 1. The number of halogens is 2. The second kappa shape index (κ2) is 12.2. The number of nitrogens with two attached hydrogens (primary N) is 1. The van der Waals surface area contributed by atoms with Crippen LogP contribution in [0.15, 0.2) is 54.9 Å². The predicted octanol–water partition coefficient (Wildman–Crippen LogP) is 3.07. The molecule has 1 aromatic heterocycles. The molecule has 12 heteroatoms. The summed E-state index contributed by atoms with van der Waals surface area (Å²) in [5, 5.41) is 10.5. The molecule has 36 heavy (non-hydrogen) atoms. The first-order valence-corrected chi connectivity index (χ1v) is 12.0. The van der Waals surface area contributed by atoms with Gasteiger partial charge in [-0.3, -0.25) is 30.8 Å². The molecule has 10 nitrogen and oxygen atoms in total. The van der Waals surface area contributed by atoms with E-state index in [0.29, 0.717) is 26.8 Å². The summed E-state index contributed by atoms with van der Waals surface area (Å²) < 4.78 is 26.1. The SMILES string of the molecule is COc1cc(F)c(C(Nc2ccc(C(=N)N)cc2)C(=O)NNC(=O)c2ccncc2CI)cc1OC. The highest BCUT2D eigenvalue weighted by Crippen LogP contribution is 2.34. The van der Waals surface area contributed by atoms with Crippen molar-refractivity contribution in [2.24, 2.45) is 5.73 Å². The van der Waals surface area contributed by atoms with E-state index >= 15 is 4.39 Å². The minimum absolute atomic E-state index is 0.0492. The maximum absolute atomic E-state index is 15.1. The lowest BCUT2D eigenvalue weighted by Crippen LogP contribution is -2.45. The lowest BCUT2D eigenvalue weighted by molar-refractivity contribution is -0.122. The van der Waals surface area contributed by atoms with Crippen molar-refractivity contribution >= 4 is 45.9 Å². The van der Waals surface area contributed by atoms with Crippen LogP contribution < -0.4 is 31.4 Å². The normalized spacial score (nSPS) is 11.2. The fourth-order valence-corrected chi connectivity index (χ4v) is 3.91. The van der Waals surface area contributed by atoms with Crippen LogP contribution in [0.25, 0.3) is 0 Å². The van der Waals surface area contributed by atoms with Crippen molar-refractivity contribution in [2.75, 3.05) is 19.5 Å². The number of benzene rings is 2. The highest BCUT2D eigenvalue weighted by molar-refractivity contribution is 14.1. The topological polar surface area (TPSA) is 151 Å². The van der Waals surface area contributed by atoms with Crippen molar-refractivity contribution in [3.05, 3.63) is 82.9 Å². The van der Waals surface area contributed by atoms with E-state index in [1.54, 1.807) is 30.5 Å². The van der Waals surface area contributed by atoms with Crippen molar-refractivity contribution in [2.45, 2.75) is 10.5 Å². The van der Waals surface area contributed by atoms with Gasteiger partial charge in [0.25, 0.3) is 11.8 Å². The van der Waals surface area contributed by atoms with E-state index < -0.39 is 23.7 Å². The van der Waals surface area contributed by atoms with Gasteiger partial charge in [0.05, 0.1) is 14.2 Å². The number of carbonyl (C=O) groups excluding carboxylic acids is 2. The van der Waals surface area contributed by atoms with E-state index in [9.17, 15) is 9.59 Å². The van der Waals surface area contributed by atoms with E-state index in [4.69, 9.17) is 20.6 Å². The van der Waals surface area contributed by atoms with Crippen LogP contribution in [0, 0.1) is 11.2 Å². The third kappa shape index (κ3) is 6.19. The van der Waals surface area contributed by atoms with Gasteiger partial charge in [-0.15, -0.1) is 0 Å². The first kappa shape index (κ1) is 26.7. The molecule has 0 radical (unpaired) electrons. The quantitative estimate of drug-likeness (QED) is 0.0826. The first-order chi connectivity index (χ1) is 17.3. The van der Waals surface area contributed by atoms with Gasteiger partial charge in [0.15, 0.2) is 11.5 Å². The molecule has 188 valence electrons. The molecular weight excluding hydrogens is 582 g/mol. The van der Waals surface area contributed by atoms with Crippen LogP contribution in [0.3, 0.4) is 0 Å². The summed E-state index contributed by atoms with van der Waals surface area (Å²) in [5.41, 5.74) is 12.1. The van der Waals surface area contributed by atoms with Crippen molar-refractivity contribution in [3.8, 4) is 11.5 Å². The van der Waals surface area contributed by atoms with Crippen LogP contribution in [-0.4, -0.2) is 36.9 Å². The van der Waals surface area contributed by atoms with Gasteiger partial charge in [0.2, 0.25) is 0 Å². The number of ether oxygens (including phenoxy) is 2. The Bertz CT molecular complexity index is 1270. The van der Waals surface area contributed by atoms with Gasteiger partial charge in [-0.2, -0.15) is 0 Å². The van der Waals surface area contributed by atoms with Crippen LogP contribution in [0.4, 0.5) is 10.1 Å². The molecule has 0 spiro atoms. The minimum atomic E-state index is -1.28. The molecule has 2 amide bonds. The van der Waals surface area contributed by atoms with Crippen LogP contribution in [-0.2, 0) is 9.22 Å². The molecule has 1 atom stereocenters. The number of amides is 2. The zero-order valence-corrected chi connectivity index (χ0v) is 21.6. The number of hydrazine groups is 1. The Balaban J connectivity index is 1.91. The summed E-state index contributed by atoms with van der Waals surface area (Å²) in [6.45, 7) is 0. The van der Waals surface area contributed by atoms with E-state index in [2.05, 4.69) is 43.7 Å². The number of aromatic nitrogens is 1. The van der Waals surface area contributed by atoms with Gasteiger partial charge in [0, 0.05) is 45.3 Å². The molecule has 2 aromatic carbocycles. The third-order valence-corrected chi connectivity index (χ3v) is 6.00. The van der Waals surface area contributed by atoms with Crippen LogP contribution >= 0.6 is 22.6 Å². The largest absolute Gasteiger partial charge is 0.493 e. The molecular formula is C24H24FIN6O4. The number of rotatable bonds is 9. The Morgan fingerprint density at radius 3 is 2.39 bits per heavy atom. The lowest BCUT2D eigenvalue weighted by Gasteiger charge is -2.22. The van der Waals surface area contributed by atoms with Gasteiger partial charge in [-0.25, -0.2) is 4.39 Å². The number of carbonyl (C=O) groups is 2. The maximum atomic E-state index is 15.1. The zero-order valence-electron chi connectivity index (χ0n) is 19.4. The van der Waals surface area contributed by atoms with Crippen molar-refractivity contribution in [1.82, 2.24) is 15.8 Å². The molecule has 6 N–H and O–H groups in total. The standard InChI is InChI=1S/C24H24FIN6O4/c1-35-19-9-17(18(25)10-20(19)36-2)21(30-15-5-3-13(4-6-15)22(27)28)24(34)32-31-23(33)16-7-8-29-12-14(16)11-26/h3-10,12,21,30H,11H2,1-2H3,(H3,27,28)(H,31,33)(H,32,34). The number of hydrogen-bond donors (Lipinski definition) is 5. The Morgan fingerprint density at radius 1 is 1.11 bits per heavy atom. The molecule has 0 bridgehead atoms. The summed E-state index contributed by atoms with van der Waals surface area (Å²) in [7, 11) is 2.76. The average molecular weight is 606 g/mol. The number of nitrogen functional groups attached to an aromatic ring is 1. The van der Waals surface area contributed by atoms with E-state index in [1.807, 2.05) is 0 Å². The summed E-state index contributed by atoms with van der Waals surface area (Å²) in [6, 6.07) is 9.06. The first-order valence-electron chi connectivity index (χ1n) is 10.5. The van der Waals surface area contributed by atoms with Crippen molar-refractivity contribution in [1.29, 1.82) is 5.41 Å². The van der Waals surface area contributed by atoms with E-state index in [-0.39, 0.29) is 22.9 Å². The number of nitrogens with zero attached hydrogens (tertiary/aromatic N) is 1. The Labute approximate surface area is 220 Å². The molecule has 0 saturated heterocycles. The van der Waals surface area contributed by atoms with Gasteiger partial charge >= 0.3 is 0 Å². The smallest absolute Gasteiger partial charge is 0.270 e. The zero-order chi connectivity index (χ0) is 26.2. The number of nitrogens with one attached hydrogen (secondary N) is 4. The monoisotopic (exact) mass is 606 g/mol. The molecule has 0 aliphatic rings. The van der Waals surface area contributed by atoms with Gasteiger partial charge < -0.3 is 20.5 Å². The van der Waals surface area contributed by atoms with E-state index in [1.165, 1.54) is 32.5 Å². The molecule has 0 aliphatic carbocycles. The summed E-state index contributed by atoms with van der Waals surface area (Å²) in [6.07, 6.45) is 3.04. The highest BCUT2D eigenvalue weighted by Gasteiger charge is 2.27. The number of anilines is 1. The van der Waals surface area contributed by atoms with Gasteiger partial charge in [0.1, 0.15) is 17.7 Å². The fraction of sp³-hybridized carbons (Fsp3) is 0.167. The molecule has 0 fully saturated rings. The Kier molecular flexibility index (Phi) is 9.00. The number of pyridine rings is 1. The van der Waals surface area contributed by atoms with Gasteiger partial charge in [-0.05, 0) is 42.0 Å². The summed E-state index contributed by atoms with van der Waals surface area (Å²) >= 11 is 2.10. The van der Waals surface area contributed by atoms with Crippen LogP contribution in [0.2, 0.25) is 0 Å². The second-order valence-corrected chi connectivity index (χ2v) is 8.17. The van der Waals surface area contributed by atoms with Crippen LogP contribution in [0.5, 0.6) is 11.5 Å². The highest BCUT2D eigenvalue weighted by atomic mass is 127. The maximum Gasteiger partial charge on any atom is 0.270 e. The third-order valence-electron chi connectivity index (χ3n) is 5.17. The number of amidine groups is 1. The van der Waals surface area contributed by atoms with Crippen molar-refractivity contribution < 1.29 is 23.5 Å². The molecule has 3 rings (SSSR count).